The fourth-order valence-corrected chi connectivity index (χ4v) is 4.27. The van der Waals surface area contributed by atoms with Crippen LogP contribution in [-0.4, -0.2) is 13.0 Å². The predicted molar refractivity (Wildman–Crippen MR) is 126 cm³/mol. The van der Waals surface area contributed by atoms with Gasteiger partial charge < -0.3 is 5.32 Å². The first-order chi connectivity index (χ1) is 13.8. The van der Waals surface area contributed by atoms with Crippen molar-refractivity contribution in [1.82, 2.24) is 5.32 Å². The molecular formula is C26H53NO. The third-order valence-electron chi connectivity index (χ3n) is 6.21. The van der Waals surface area contributed by atoms with Crippen LogP contribution in [0.15, 0.2) is 0 Å². The Morgan fingerprint density at radius 1 is 0.536 bits per heavy atom. The van der Waals surface area contributed by atoms with Crippen molar-refractivity contribution in [2.45, 2.75) is 149 Å². The third kappa shape index (κ3) is 21.8. The van der Waals surface area contributed by atoms with Crippen LogP contribution in [-0.2, 0) is 4.79 Å². The van der Waals surface area contributed by atoms with Crippen LogP contribution >= 0.6 is 0 Å². The molecule has 0 aromatic heterocycles. The lowest BCUT2D eigenvalue weighted by Gasteiger charge is -2.16. The molecule has 0 radical (unpaired) electrons. The van der Waals surface area contributed by atoms with Crippen molar-refractivity contribution in [1.29, 1.82) is 0 Å². The zero-order chi connectivity index (χ0) is 20.5. The second-order valence-corrected chi connectivity index (χ2v) is 8.96. The van der Waals surface area contributed by atoms with E-state index in [1.54, 1.807) is 0 Å². The Morgan fingerprint density at radius 2 is 0.893 bits per heavy atom. The fraction of sp³-hybridized carbons (Fsp3) is 0.962. The van der Waals surface area contributed by atoms with Gasteiger partial charge in [0.25, 0.3) is 0 Å². The highest BCUT2D eigenvalue weighted by Crippen LogP contribution is 2.22. The summed E-state index contributed by atoms with van der Waals surface area (Å²) in [4.78, 5) is 10.5. The second kappa shape index (κ2) is 24.5. The Morgan fingerprint density at radius 3 is 1.25 bits per heavy atom. The highest BCUT2D eigenvalue weighted by molar-refractivity contribution is 5.45. The van der Waals surface area contributed by atoms with Crippen molar-refractivity contribution in [3.63, 3.8) is 0 Å². The van der Waals surface area contributed by atoms with Crippen molar-refractivity contribution in [3.05, 3.63) is 0 Å². The van der Waals surface area contributed by atoms with Gasteiger partial charge in [-0.3, -0.25) is 4.79 Å². The van der Waals surface area contributed by atoms with E-state index < -0.39 is 0 Å². The van der Waals surface area contributed by atoms with Gasteiger partial charge in [-0.2, -0.15) is 0 Å². The average molecular weight is 396 g/mol. The highest BCUT2D eigenvalue weighted by Gasteiger charge is 2.08. The highest BCUT2D eigenvalue weighted by atomic mass is 16.1. The van der Waals surface area contributed by atoms with Crippen molar-refractivity contribution in [2.24, 2.45) is 5.92 Å². The largest absolute Gasteiger partial charge is 0.359 e. The fourth-order valence-electron chi connectivity index (χ4n) is 4.27. The molecule has 0 aromatic rings. The first-order valence-electron chi connectivity index (χ1n) is 13.0. The van der Waals surface area contributed by atoms with Crippen LogP contribution in [0.1, 0.15) is 149 Å². The standard InChI is InChI=1S/C26H53NO/c1-3-5-7-9-10-11-12-13-14-15-16-18-20-22-26(23-24-27-25-28)21-19-17-8-6-4-2/h25-26H,3-24H2,1-2H3,(H,27,28). The molecule has 1 amide bonds. The number of hydrogen-bond acceptors (Lipinski definition) is 1. The molecule has 168 valence electrons. The minimum absolute atomic E-state index is 0.821. The van der Waals surface area contributed by atoms with Crippen molar-refractivity contribution in [3.8, 4) is 0 Å². The van der Waals surface area contributed by atoms with Crippen LogP contribution in [0.25, 0.3) is 0 Å². The van der Waals surface area contributed by atoms with Gasteiger partial charge in [-0.25, -0.2) is 0 Å². The van der Waals surface area contributed by atoms with E-state index in [1.807, 2.05) is 0 Å². The summed E-state index contributed by atoms with van der Waals surface area (Å²) in [5, 5.41) is 2.86. The molecule has 28 heavy (non-hydrogen) atoms. The van der Waals surface area contributed by atoms with Crippen LogP contribution in [0.2, 0.25) is 0 Å². The van der Waals surface area contributed by atoms with Gasteiger partial charge in [0.1, 0.15) is 0 Å². The van der Waals surface area contributed by atoms with Crippen molar-refractivity contribution >= 4 is 6.41 Å². The Balaban J connectivity index is 3.51. The summed E-state index contributed by atoms with van der Waals surface area (Å²) in [5.74, 6) is 0.821. The summed E-state index contributed by atoms with van der Waals surface area (Å²) in [7, 11) is 0. The number of nitrogens with one attached hydrogen (secondary N) is 1. The molecule has 0 spiro atoms. The topological polar surface area (TPSA) is 29.1 Å². The third-order valence-corrected chi connectivity index (χ3v) is 6.21. The maximum absolute atomic E-state index is 10.5. The number of carbonyl (C=O) groups is 1. The number of rotatable bonds is 24. The Bertz CT molecular complexity index is 292. The molecule has 0 aliphatic carbocycles. The Labute approximate surface area is 178 Å². The predicted octanol–water partition coefficient (Wildman–Crippen LogP) is 8.58. The first-order valence-corrected chi connectivity index (χ1v) is 13.0. The van der Waals surface area contributed by atoms with Gasteiger partial charge in [-0.1, -0.05) is 142 Å². The lowest BCUT2D eigenvalue weighted by Crippen LogP contribution is -2.16. The van der Waals surface area contributed by atoms with E-state index in [-0.39, 0.29) is 0 Å². The summed E-state index contributed by atoms with van der Waals surface area (Å²) in [6.07, 6.45) is 30.2. The smallest absolute Gasteiger partial charge is 0.207 e. The molecule has 1 N–H and O–H groups in total. The van der Waals surface area contributed by atoms with Crippen LogP contribution in [0.4, 0.5) is 0 Å². The van der Waals surface area contributed by atoms with Gasteiger partial charge in [-0.15, -0.1) is 0 Å². The normalized spacial score (nSPS) is 12.2. The zero-order valence-corrected chi connectivity index (χ0v) is 19.6. The molecule has 0 saturated carbocycles. The van der Waals surface area contributed by atoms with Gasteiger partial charge >= 0.3 is 0 Å². The molecule has 0 heterocycles. The molecule has 0 rings (SSSR count). The first kappa shape index (κ1) is 27.5. The minimum atomic E-state index is 0.821. The molecule has 2 nitrogen and oxygen atoms in total. The summed E-state index contributed by atoms with van der Waals surface area (Å²) < 4.78 is 0. The van der Waals surface area contributed by atoms with E-state index in [0.29, 0.717) is 0 Å². The molecule has 0 aliphatic heterocycles. The van der Waals surface area contributed by atoms with Crippen molar-refractivity contribution in [2.75, 3.05) is 6.54 Å². The molecule has 1 unspecified atom stereocenters. The molecule has 0 bridgehead atoms. The number of carbonyl (C=O) groups excluding carboxylic acids is 1. The number of unbranched alkanes of at least 4 members (excludes halogenated alkanes) is 16. The monoisotopic (exact) mass is 395 g/mol. The van der Waals surface area contributed by atoms with Gasteiger partial charge in [0.2, 0.25) is 6.41 Å². The molecule has 1 atom stereocenters. The maximum atomic E-state index is 10.5. The van der Waals surface area contributed by atoms with Crippen molar-refractivity contribution < 1.29 is 4.79 Å². The quantitative estimate of drug-likeness (QED) is 0.129. The van der Waals surface area contributed by atoms with Crippen LogP contribution in [0.3, 0.4) is 0 Å². The van der Waals surface area contributed by atoms with E-state index in [4.69, 9.17) is 0 Å². The van der Waals surface area contributed by atoms with Gasteiger partial charge in [-0.05, 0) is 12.3 Å². The van der Waals surface area contributed by atoms with E-state index in [2.05, 4.69) is 19.2 Å². The van der Waals surface area contributed by atoms with Gasteiger partial charge in [0.05, 0.1) is 0 Å². The maximum Gasteiger partial charge on any atom is 0.207 e. The molecule has 0 aliphatic rings. The molecule has 2 heteroatoms. The summed E-state index contributed by atoms with van der Waals surface area (Å²) in [5.41, 5.74) is 0. The van der Waals surface area contributed by atoms with E-state index >= 15 is 0 Å². The number of amides is 1. The lowest BCUT2D eigenvalue weighted by atomic mass is 9.91. The summed E-state index contributed by atoms with van der Waals surface area (Å²) in [6.45, 7) is 5.43. The second-order valence-electron chi connectivity index (χ2n) is 8.96. The molecule has 0 saturated heterocycles. The minimum Gasteiger partial charge on any atom is -0.359 e. The lowest BCUT2D eigenvalue weighted by molar-refractivity contribution is -0.109. The Kier molecular flexibility index (Phi) is 24.0. The van der Waals surface area contributed by atoms with Crippen LogP contribution in [0.5, 0.6) is 0 Å². The van der Waals surface area contributed by atoms with Gasteiger partial charge in [0.15, 0.2) is 0 Å². The molecular weight excluding hydrogens is 342 g/mol. The SMILES string of the molecule is CCCCCCCCCCCCCCCC(CCCCCCC)CCNC=O. The molecule has 0 fully saturated rings. The summed E-state index contributed by atoms with van der Waals surface area (Å²) >= 11 is 0. The van der Waals surface area contributed by atoms with E-state index in [0.717, 1.165) is 18.9 Å². The van der Waals surface area contributed by atoms with E-state index in [9.17, 15) is 4.79 Å². The Hall–Kier alpha value is -0.530. The molecule has 0 aromatic carbocycles. The average Bonchev–Trinajstić information content (AvgIpc) is 2.71. The van der Waals surface area contributed by atoms with Crippen LogP contribution < -0.4 is 5.32 Å². The van der Waals surface area contributed by atoms with Gasteiger partial charge in [0, 0.05) is 6.54 Å². The summed E-state index contributed by atoms with van der Waals surface area (Å²) in [6, 6.07) is 0. The van der Waals surface area contributed by atoms with Crippen LogP contribution in [0, 0.1) is 5.92 Å². The zero-order valence-electron chi connectivity index (χ0n) is 19.6. The number of hydrogen-bond donors (Lipinski definition) is 1. The van der Waals surface area contributed by atoms with E-state index in [1.165, 1.54) is 135 Å².